The first-order chi connectivity index (χ1) is 29.6. The zero-order valence-electron chi connectivity index (χ0n) is 34.5. The molecule has 0 bridgehead atoms. The van der Waals surface area contributed by atoms with Crippen molar-refractivity contribution in [1.82, 2.24) is 0 Å². The Morgan fingerprint density at radius 2 is 0.983 bits per heavy atom. The highest BCUT2D eigenvalue weighted by Gasteiger charge is 2.46. The van der Waals surface area contributed by atoms with Gasteiger partial charge in [-0.3, -0.25) is 0 Å². The number of aliphatic hydroxyl groups excluding tert-OH is 1. The van der Waals surface area contributed by atoms with Crippen molar-refractivity contribution in [3.8, 4) is 0 Å². The summed E-state index contributed by atoms with van der Waals surface area (Å²) < 4.78 is 60.1. The molecule has 60 heavy (non-hydrogen) atoms. The van der Waals surface area contributed by atoms with E-state index in [-0.39, 0.29) is 39.6 Å². The fraction of sp³-hybridized carbons (Fsp3) is 0.333. The summed E-state index contributed by atoms with van der Waals surface area (Å²) in [6, 6.07) is 53.7. The number of halogens is 1. The van der Waals surface area contributed by atoms with Crippen LogP contribution in [0.5, 0.6) is 0 Å². The summed E-state index contributed by atoms with van der Waals surface area (Å²) in [6.07, 6.45) is -7.69. The average Bonchev–Trinajstić information content (AvgIpc) is 3.58. The van der Waals surface area contributed by atoms with E-state index in [9.17, 15) is 5.11 Å². The average molecular weight is 817 g/mol. The Bertz CT molecular complexity index is 2060. The number of ether oxygens (including phenoxy) is 7. The molecule has 0 spiro atoms. The van der Waals surface area contributed by atoms with Gasteiger partial charge in [-0.1, -0.05) is 172 Å². The molecular formula is C51H57FO8. The third-order valence-corrected chi connectivity index (χ3v) is 10.1. The monoisotopic (exact) mass is 816 g/mol. The van der Waals surface area contributed by atoms with Crippen molar-refractivity contribution in [3.63, 3.8) is 0 Å². The Morgan fingerprint density at radius 1 is 0.517 bits per heavy atom. The molecule has 0 amide bonds. The molecule has 0 saturated carbocycles. The lowest BCUT2D eigenvalue weighted by molar-refractivity contribution is -0.214. The molecule has 6 aromatic rings. The number of fused-ring (bicyclic) bond motifs is 1. The topological polar surface area (TPSA) is 84.8 Å². The van der Waals surface area contributed by atoms with Crippen LogP contribution in [0.3, 0.4) is 0 Å². The molecule has 7 unspecified atom stereocenters. The fourth-order valence-corrected chi connectivity index (χ4v) is 6.89. The lowest BCUT2D eigenvalue weighted by Crippen LogP contribution is -2.48. The molecule has 0 radical (unpaired) electrons. The molecule has 7 rings (SSSR count). The molecule has 1 heterocycles. The first kappa shape index (κ1) is 44.7. The van der Waals surface area contributed by atoms with Crippen molar-refractivity contribution < 1.29 is 42.7 Å². The van der Waals surface area contributed by atoms with Crippen molar-refractivity contribution >= 4 is 10.8 Å². The van der Waals surface area contributed by atoms with E-state index < -0.39 is 43.0 Å². The van der Waals surface area contributed by atoms with Gasteiger partial charge in [-0.05, 0) is 44.7 Å². The van der Waals surface area contributed by atoms with E-state index in [0.717, 1.165) is 38.6 Å². The second-order valence-electron chi connectivity index (χ2n) is 14.4. The van der Waals surface area contributed by atoms with Gasteiger partial charge >= 0.3 is 0 Å². The predicted octanol–water partition coefficient (Wildman–Crippen LogP) is 9.80. The molecule has 6 aromatic carbocycles. The summed E-state index contributed by atoms with van der Waals surface area (Å²) in [4.78, 5) is 0. The van der Waals surface area contributed by atoms with E-state index in [2.05, 4.69) is 30.3 Å². The Morgan fingerprint density at radius 3 is 1.55 bits per heavy atom. The van der Waals surface area contributed by atoms with Gasteiger partial charge in [0.1, 0.15) is 30.5 Å². The van der Waals surface area contributed by atoms with Crippen LogP contribution in [0.2, 0.25) is 0 Å². The van der Waals surface area contributed by atoms with Gasteiger partial charge in [0.25, 0.3) is 0 Å². The summed E-state index contributed by atoms with van der Waals surface area (Å²) in [7, 11) is 0. The van der Waals surface area contributed by atoms with E-state index in [1.165, 1.54) is 0 Å². The highest BCUT2D eigenvalue weighted by Crippen LogP contribution is 2.28. The van der Waals surface area contributed by atoms with E-state index in [4.69, 9.17) is 33.2 Å². The van der Waals surface area contributed by atoms with Gasteiger partial charge in [-0.2, -0.15) is 0 Å². The van der Waals surface area contributed by atoms with E-state index >= 15 is 4.39 Å². The van der Waals surface area contributed by atoms with Gasteiger partial charge in [0.15, 0.2) is 12.5 Å². The molecule has 1 saturated heterocycles. The zero-order valence-corrected chi connectivity index (χ0v) is 34.5. The first-order valence-electron chi connectivity index (χ1n) is 20.8. The van der Waals surface area contributed by atoms with Crippen LogP contribution < -0.4 is 0 Å². The maximum atomic E-state index is 15.7. The van der Waals surface area contributed by atoms with Crippen LogP contribution in [0.4, 0.5) is 4.39 Å². The van der Waals surface area contributed by atoms with Crippen molar-refractivity contribution in [2.24, 2.45) is 0 Å². The number of hydrogen-bond donors (Lipinski definition) is 1. The van der Waals surface area contributed by atoms with E-state index in [0.29, 0.717) is 13.2 Å². The first-order valence-corrected chi connectivity index (χ1v) is 20.8. The third-order valence-electron chi connectivity index (χ3n) is 10.1. The van der Waals surface area contributed by atoms with Gasteiger partial charge in [-0.25, -0.2) is 4.39 Å². The molecule has 0 aromatic heterocycles. The van der Waals surface area contributed by atoms with Gasteiger partial charge in [-0.15, -0.1) is 0 Å². The summed E-state index contributed by atoms with van der Waals surface area (Å²) in [5, 5.41) is 13.1. The summed E-state index contributed by atoms with van der Waals surface area (Å²) in [6.45, 7) is 5.45. The second kappa shape index (κ2) is 24.4. The largest absolute Gasteiger partial charge is 0.387 e. The van der Waals surface area contributed by atoms with Crippen LogP contribution in [-0.4, -0.2) is 67.9 Å². The smallest absolute Gasteiger partial charge is 0.192 e. The third kappa shape index (κ3) is 13.6. The standard InChI is InChI=1S/C49H51FO8.C2H6/c50-46-47(51)43(33-52-28-36-15-5-1-6-16-36)58-49(46)57-35-45(55-31-38-19-9-3-10-20-38)48(56-32-39-21-11-4-12-22-39)44(54-30-37-17-7-2-8-18-37)34-53-29-40-25-26-41-23-13-14-24-42(41)27-40;1-2/h1-27,43-49,51H,28-35H2;1-2H3. The minimum Gasteiger partial charge on any atom is -0.387 e. The number of alkyl halides is 1. The molecule has 316 valence electrons. The van der Waals surface area contributed by atoms with Gasteiger partial charge in [0.05, 0.1) is 52.9 Å². The Balaban J connectivity index is 0.00000297. The van der Waals surface area contributed by atoms with E-state index in [1.807, 2.05) is 147 Å². The van der Waals surface area contributed by atoms with Crippen LogP contribution in [0.1, 0.15) is 41.7 Å². The summed E-state index contributed by atoms with van der Waals surface area (Å²) in [5.74, 6) is 0. The van der Waals surface area contributed by atoms with Gasteiger partial charge in [0, 0.05) is 0 Å². The lowest BCUT2D eigenvalue weighted by atomic mass is 10.1. The number of aliphatic hydroxyl groups is 1. The summed E-state index contributed by atoms with van der Waals surface area (Å²) in [5.41, 5.74) is 4.87. The molecular weight excluding hydrogens is 760 g/mol. The SMILES string of the molecule is CC.OC1C(COCc2ccccc2)OC(OCC(OCc2ccccc2)C(OCc2ccccc2)C(COCc2ccc3ccccc3c2)OCc2ccccc2)C1F. The summed E-state index contributed by atoms with van der Waals surface area (Å²) >= 11 is 0. The number of benzene rings is 6. The highest BCUT2D eigenvalue weighted by atomic mass is 19.1. The highest BCUT2D eigenvalue weighted by molar-refractivity contribution is 5.82. The lowest BCUT2D eigenvalue weighted by Gasteiger charge is -2.34. The Kier molecular flexibility index (Phi) is 18.2. The van der Waals surface area contributed by atoms with Gasteiger partial charge in [0.2, 0.25) is 0 Å². The maximum absolute atomic E-state index is 15.7. The molecule has 0 aliphatic carbocycles. The van der Waals surface area contributed by atoms with Crippen LogP contribution >= 0.6 is 0 Å². The molecule has 8 nitrogen and oxygen atoms in total. The Labute approximate surface area is 353 Å². The molecule has 9 heteroatoms. The van der Waals surface area contributed by atoms with Crippen LogP contribution in [-0.2, 0) is 66.2 Å². The van der Waals surface area contributed by atoms with E-state index in [1.54, 1.807) is 0 Å². The van der Waals surface area contributed by atoms with Crippen LogP contribution in [0.25, 0.3) is 10.8 Å². The van der Waals surface area contributed by atoms with Crippen LogP contribution in [0.15, 0.2) is 164 Å². The molecule has 1 aliphatic rings. The fourth-order valence-electron chi connectivity index (χ4n) is 6.89. The van der Waals surface area contributed by atoms with Crippen molar-refractivity contribution in [1.29, 1.82) is 0 Å². The number of rotatable bonds is 22. The van der Waals surface area contributed by atoms with Crippen molar-refractivity contribution in [2.45, 2.75) is 89.9 Å². The molecule has 1 fully saturated rings. The van der Waals surface area contributed by atoms with Gasteiger partial charge < -0.3 is 38.3 Å². The minimum atomic E-state index is -1.81. The zero-order chi connectivity index (χ0) is 41.8. The quantitative estimate of drug-likeness (QED) is 0.0726. The minimum absolute atomic E-state index is 0.00294. The maximum Gasteiger partial charge on any atom is 0.192 e. The normalized spacial score (nSPS) is 19.0. The van der Waals surface area contributed by atoms with Crippen LogP contribution in [0, 0.1) is 0 Å². The molecule has 1 aliphatic heterocycles. The second-order valence-corrected chi connectivity index (χ2v) is 14.4. The van der Waals surface area contributed by atoms with Crippen molar-refractivity contribution in [3.05, 3.63) is 192 Å². The number of hydrogen-bond acceptors (Lipinski definition) is 8. The van der Waals surface area contributed by atoms with Crippen molar-refractivity contribution in [2.75, 3.05) is 19.8 Å². The molecule has 7 atom stereocenters. The Hall–Kier alpha value is -4.81. The molecule has 1 N–H and O–H groups in total. The predicted molar refractivity (Wildman–Crippen MR) is 232 cm³/mol.